The van der Waals surface area contributed by atoms with Gasteiger partial charge in [0.05, 0.1) is 0 Å². The number of aromatic nitrogens is 16. The first-order valence-corrected chi connectivity index (χ1v) is 11.8. The number of hydrogen-bond acceptors (Lipinski definition) is 14. The summed E-state index contributed by atoms with van der Waals surface area (Å²) in [5.41, 5.74) is 4.45. The monoisotopic (exact) mass is 583 g/mol. The molecule has 41 heavy (non-hydrogen) atoms. The summed E-state index contributed by atoms with van der Waals surface area (Å²) in [7, 11) is 0. The van der Waals surface area contributed by atoms with Crippen LogP contribution in [-0.4, -0.2) is 69.8 Å². The molecule has 195 valence electrons. The van der Waals surface area contributed by atoms with Gasteiger partial charge in [-0.15, -0.1) is 0 Å². The zero-order valence-corrected chi connectivity index (χ0v) is 21.0. The molecule has 0 saturated heterocycles. The van der Waals surface area contributed by atoms with Crippen LogP contribution in [0.3, 0.4) is 0 Å². The van der Waals surface area contributed by atoms with Crippen molar-refractivity contribution in [2.75, 3.05) is 0 Å². The summed E-state index contributed by atoms with van der Waals surface area (Å²) in [4.78, 5) is 72.8. The topological polar surface area (TPSA) is 209 Å². The van der Waals surface area contributed by atoms with Crippen LogP contribution in [0.15, 0.2) is 49.6 Å². The second-order valence-electron chi connectivity index (χ2n) is 8.50. The molecule has 7 aromatic heterocycles. The van der Waals surface area contributed by atoms with Crippen molar-refractivity contribution >= 4 is 44.7 Å². The van der Waals surface area contributed by atoms with Crippen LogP contribution in [0.5, 0.6) is 0 Å². The summed E-state index contributed by atoms with van der Waals surface area (Å²) in [6.07, 6.45) is 12.4. The third kappa shape index (κ3) is 3.39. The molecule has 0 spiro atoms. The van der Waals surface area contributed by atoms with E-state index in [4.69, 9.17) is 0 Å². The minimum absolute atomic E-state index is 0. The molecule has 7 aromatic rings. The molecule has 0 aliphatic carbocycles. The summed E-state index contributed by atoms with van der Waals surface area (Å²) >= 11 is 0. The molecule has 1 radical (unpaired) electrons. The van der Waals surface area contributed by atoms with E-state index in [9.17, 15) is 0 Å². The first kappa shape index (κ1) is 23.1. The van der Waals surface area contributed by atoms with E-state index in [0.29, 0.717) is 44.8 Å². The van der Waals surface area contributed by atoms with Crippen molar-refractivity contribution in [1.29, 1.82) is 0 Å². The molecule has 0 atom stereocenters. The molecule has 8 bridgehead atoms. The van der Waals surface area contributed by atoms with Crippen LogP contribution >= 0.6 is 0 Å². The molecule has 0 unspecified atom stereocenters. The first-order valence-electron chi connectivity index (χ1n) is 11.8. The Bertz CT molecular complexity index is 2040. The van der Waals surface area contributed by atoms with Gasteiger partial charge in [-0.3, -0.25) is 39.9 Å². The van der Waals surface area contributed by atoms with E-state index in [-0.39, 0.29) is 63.0 Å². The van der Waals surface area contributed by atoms with Gasteiger partial charge in [-0.25, -0.2) is 9.97 Å². The average molecular weight is 584 g/mol. The zero-order valence-electron chi connectivity index (χ0n) is 20.1. The molecule has 9 heterocycles. The Balaban J connectivity index is 0.00000256. The largest absolute Gasteiger partial charge is 2.00 e. The van der Waals surface area contributed by atoms with Crippen molar-refractivity contribution in [2.24, 2.45) is 0 Å². The standard InChI is InChI=1S/C24H8N16.Cu/c1-2-26-10-9(25-1)17-33-18(10)38-20-13-14(30-6-5-29-13)22(35-20)40-24-16-15(31-7-8-32-16)23(36-24)39-21-12-11(19(34-21)37-17)27-3-4-28-12;/h1-8H;/q-2;+2. The number of fused-ring (bicyclic) bond motifs is 20. The minimum atomic E-state index is 0. The van der Waals surface area contributed by atoms with Crippen molar-refractivity contribution in [3.8, 4) is 46.1 Å². The smallest absolute Gasteiger partial charge is 0.354 e. The van der Waals surface area contributed by atoms with Gasteiger partial charge in [0.15, 0.2) is 0 Å². The van der Waals surface area contributed by atoms with Crippen molar-refractivity contribution in [3.63, 3.8) is 0 Å². The molecule has 9 rings (SSSR count). The second-order valence-corrected chi connectivity index (χ2v) is 8.50. The fourth-order valence-corrected chi connectivity index (χ4v) is 4.51. The quantitative estimate of drug-likeness (QED) is 0.230. The molecule has 0 saturated carbocycles. The van der Waals surface area contributed by atoms with Crippen molar-refractivity contribution in [2.45, 2.75) is 0 Å². The van der Waals surface area contributed by atoms with Gasteiger partial charge in [0.1, 0.15) is 68.1 Å². The van der Waals surface area contributed by atoms with Gasteiger partial charge in [0, 0.05) is 72.2 Å². The van der Waals surface area contributed by atoms with E-state index in [1.807, 2.05) is 0 Å². The van der Waals surface area contributed by atoms with Crippen LogP contribution in [0, 0.1) is 0 Å². The van der Waals surface area contributed by atoms with Gasteiger partial charge in [0.25, 0.3) is 0 Å². The summed E-state index contributed by atoms with van der Waals surface area (Å²) < 4.78 is 0. The van der Waals surface area contributed by atoms with E-state index in [1.54, 1.807) is 49.6 Å². The van der Waals surface area contributed by atoms with Gasteiger partial charge in [-0.1, -0.05) is 0 Å². The third-order valence-electron chi connectivity index (χ3n) is 6.18. The predicted octanol–water partition coefficient (Wildman–Crippen LogP) is 1.28. The fraction of sp³-hybridized carbons (Fsp3) is 0. The Morgan fingerprint density at radius 3 is 0.829 bits per heavy atom. The summed E-state index contributed by atoms with van der Waals surface area (Å²) in [5.74, 6) is 1.01. The Morgan fingerprint density at radius 1 is 0.317 bits per heavy atom. The molecule has 2 aliphatic heterocycles. The van der Waals surface area contributed by atoms with Gasteiger partial charge >= 0.3 is 17.1 Å². The predicted molar refractivity (Wildman–Crippen MR) is 136 cm³/mol. The van der Waals surface area contributed by atoms with E-state index < -0.39 is 0 Å². The van der Waals surface area contributed by atoms with Crippen LogP contribution in [0.1, 0.15) is 0 Å². The fourth-order valence-electron chi connectivity index (χ4n) is 4.51. The van der Waals surface area contributed by atoms with Gasteiger partial charge in [-0.2, -0.15) is 0 Å². The van der Waals surface area contributed by atoms with E-state index in [0.717, 1.165) is 0 Å². The molecule has 16 nitrogen and oxygen atoms in total. The summed E-state index contributed by atoms with van der Waals surface area (Å²) in [6, 6.07) is 0. The maximum absolute atomic E-state index is 4.69. The Hall–Kier alpha value is -5.80. The van der Waals surface area contributed by atoms with Crippen molar-refractivity contribution in [3.05, 3.63) is 49.6 Å². The molecule has 0 aromatic carbocycles. The van der Waals surface area contributed by atoms with Crippen molar-refractivity contribution < 1.29 is 17.1 Å². The molecule has 0 N–H and O–H groups in total. The van der Waals surface area contributed by atoms with Crippen LogP contribution in [-0.2, 0) is 17.1 Å². The average Bonchev–Trinajstić information content (AvgIpc) is 3.73. The molecule has 17 heteroatoms. The minimum Gasteiger partial charge on any atom is -0.354 e. The Kier molecular flexibility index (Phi) is 4.85. The second kappa shape index (κ2) is 8.60. The Labute approximate surface area is 236 Å². The number of hydrogen-bond donors (Lipinski definition) is 0. The molecular weight excluding hydrogens is 576 g/mol. The summed E-state index contributed by atoms with van der Waals surface area (Å²) in [6.45, 7) is 0. The van der Waals surface area contributed by atoms with Crippen LogP contribution in [0.4, 0.5) is 0 Å². The van der Waals surface area contributed by atoms with E-state index in [1.165, 1.54) is 0 Å². The van der Waals surface area contributed by atoms with Gasteiger partial charge < -0.3 is 29.9 Å². The molecular formula is C24H8CuN16. The molecule has 2 aliphatic rings. The first-order chi connectivity index (χ1) is 19.8. The van der Waals surface area contributed by atoms with E-state index >= 15 is 0 Å². The maximum atomic E-state index is 4.69. The molecule has 0 amide bonds. The van der Waals surface area contributed by atoms with Gasteiger partial charge in [-0.05, 0) is 0 Å². The van der Waals surface area contributed by atoms with Crippen LogP contribution in [0.2, 0.25) is 0 Å². The number of nitrogens with zero attached hydrogens (tertiary/aromatic N) is 16. The number of rotatable bonds is 0. The van der Waals surface area contributed by atoms with Crippen molar-refractivity contribution in [1.82, 2.24) is 79.7 Å². The summed E-state index contributed by atoms with van der Waals surface area (Å²) in [5, 5.41) is 0. The zero-order chi connectivity index (χ0) is 26.2. The Morgan fingerprint density at radius 2 is 0.561 bits per heavy atom. The van der Waals surface area contributed by atoms with E-state index in [2.05, 4.69) is 79.7 Å². The third-order valence-corrected chi connectivity index (χ3v) is 6.18. The molecule has 0 fully saturated rings. The van der Waals surface area contributed by atoms with Gasteiger partial charge in [0.2, 0.25) is 0 Å². The normalized spacial score (nSPS) is 11.7. The van der Waals surface area contributed by atoms with Crippen LogP contribution < -0.4 is 9.97 Å². The SMILES string of the molecule is [Cu+2].c1cnc2c(n1)-c1nc-2nc2[n-]c(nc3nc(nc4[n-]c(n1)c1nccnc41)-c1nccnc1-3)c1nccnc21. The maximum Gasteiger partial charge on any atom is 2.00 e. The van der Waals surface area contributed by atoms with Crippen LogP contribution in [0.25, 0.3) is 90.7 Å².